The minimum Gasteiger partial charge on any atom is -0.463 e. The Kier molecular flexibility index (Phi) is 10.1. The van der Waals surface area contributed by atoms with Crippen LogP contribution in [-0.4, -0.2) is 25.2 Å². The lowest BCUT2D eigenvalue weighted by molar-refractivity contribution is -0.140. The Hall–Kier alpha value is -1.58. The molecule has 0 unspecified atom stereocenters. The van der Waals surface area contributed by atoms with Crippen molar-refractivity contribution in [2.75, 3.05) is 13.2 Å². The van der Waals surface area contributed by atoms with Gasteiger partial charge in [0.1, 0.15) is 6.61 Å². The molecule has 23 heavy (non-hydrogen) atoms. The Bertz CT molecular complexity index is 435. The number of hydrogen-bond donors (Lipinski definition) is 0. The lowest BCUT2D eigenvalue weighted by atomic mass is 9.93. The van der Waals surface area contributed by atoms with Crippen molar-refractivity contribution in [3.63, 3.8) is 0 Å². The lowest BCUT2D eigenvalue weighted by Gasteiger charge is -2.17. The van der Waals surface area contributed by atoms with Crippen molar-refractivity contribution < 1.29 is 19.1 Å². The quantitative estimate of drug-likeness (QED) is 0.257. The van der Waals surface area contributed by atoms with E-state index >= 15 is 0 Å². The zero-order valence-corrected chi connectivity index (χ0v) is 14.6. The summed E-state index contributed by atoms with van der Waals surface area (Å²) in [6.07, 6.45) is 12.3. The summed E-state index contributed by atoms with van der Waals surface area (Å²) in [5.74, 6) is -0.971. The normalized spacial score (nSPS) is 15.0. The fourth-order valence-corrected chi connectivity index (χ4v) is 2.58. The maximum absolute atomic E-state index is 11.6. The van der Waals surface area contributed by atoms with Gasteiger partial charge in [0.2, 0.25) is 0 Å². The maximum atomic E-state index is 11.6. The van der Waals surface area contributed by atoms with E-state index in [0.29, 0.717) is 13.2 Å². The molecule has 0 heterocycles. The zero-order valence-electron chi connectivity index (χ0n) is 14.6. The molecule has 0 spiro atoms. The molecule has 0 fully saturated rings. The van der Waals surface area contributed by atoms with Crippen molar-refractivity contribution in [1.29, 1.82) is 0 Å². The Morgan fingerprint density at radius 1 is 0.957 bits per heavy atom. The van der Waals surface area contributed by atoms with Crippen LogP contribution >= 0.6 is 0 Å². The van der Waals surface area contributed by atoms with E-state index in [1.54, 1.807) is 0 Å². The topological polar surface area (TPSA) is 52.6 Å². The summed E-state index contributed by atoms with van der Waals surface area (Å²) in [7, 11) is 0. The van der Waals surface area contributed by atoms with Crippen molar-refractivity contribution in [2.24, 2.45) is 0 Å². The first-order valence-electron chi connectivity index (χ1n) is 8.82. The molecule has 0 saturated heterocycles. The molecule has 0 aromatic rings. The summed E-state index contributed by atoms with van der Waals surface area (Å²) in [4.78, 5) is 23.1. The van der Waals surface area contributed by atoms with Crippen molar-refractivity contribution in [2.45, 2.75) is 71.6 Å². The Morgan fingerprint density at radius 2 is 1.61 bits per heavy atom. The molecule has 0 amide bonds. The number of rotatable bonds is 10. The van der Waals surface area contributed by atoms with Gasteiger partial charge < -0.3 is 9.47 Å². The van der Waals surface area contributed by atoms with Crippen LogP contribution in [0.25, 0.3) is 0 Å². The molecule has 1 aliphatic carbocycles. The third-order valence-corrected chi connectivity index (χ3v) is 4.12. The summed E-state index contributed by atoms with van der Waals surface area (Å²) in [5, 5.41) is 0. The van der Waals surface area contributed by atoms with Crippen LogP contribution in [0.4, 0.5) is 0 Å². The Balaban J connectivity index is 2.15. The van der Waals surface area contributed by atoms with Gasteiger partial charge in [0, 0.05) is 12.2 Å². The van der Waals surface area contributed by atoms with E-state index in [0.717, 1.165) is 44.3 Å². The van der Waals surface area contributed by atoms with Crippen LogP contribution in [0.5, 0.6) is 0 Å². The summed E-state index contributed by atoms with van der Waals surface area (Å²) in [6.45, 7) is 5.00. The third-order valence-electron chi connectivity index (χ3n) is 4.12. The number of hydrogen-bond acceptors (Lipinski definition) is 4. The first kappa shape index (κ1) is 19.5. The maximum Gasteiger partial charge on any atom is 0.331 e. The largest absolute Gasteiger partial charge is 0.463 e. The van der Waals surface area contributed by atoms with Gasteiger partial charge in [-0.1, -0.05) is 38.2 Å². The van der Waals surface area contributed by atoms with E-state index in [1.807, 2.05) is 0 Å². The van der Waals surface area contributed by atoms with Gasteiger partial charge in [-0.3, -0.25) is 0 Å². The van der Waals surface area contributed by atoms with Crippen LogP contribution in [0.15, 0.2) is 23.3 Å². The van der Waals surface area contributed by atoms with Crippen LogP contribution in [0.3, 0.4) is 0 Å². The molecule has 4 nitrogen and oxygen atoms in total. The monoisotopic (exact) mass is 322 g/mol. The molecule has 0 saturated carbocycles. The Labute approximate surface area is 139 Å². The van der Waals surface area contributed by atoms with E-state index in [9.17, 15) is 9.59 Å². The molecule has 0 aromatic heterocycles. The van der Waals surface area contributed by atoms with E-state index in [4.69, 9.17) is 9.47 Å². The third kappa shape index (κ3) is 9.22. The summed E-state index contributed by atoms with van der Waals surface area (Å²) in [5.41, 5.74) is 2.54. The number of carbonyl (C=O) groups excluding carboxylic acids is 2. The second kappa shape index (κ2) is 11.9. The fraction of sp³-hybridized carbons (Fsp3) is 0.684. The molecule has 0 aromatic carbocycles. The predicted octanol–water partition coefficient (Wildman–Crippen LogP) is 4.49. The van der Waals surface area contributed by atoms with E-state index < -0.39 is 11.9 Å². The first-order chi connectivity index (χ1) is 11.1. The predicted molar refractivity (Wildman–Crippen MR) is 91.0 cm³/mol. The molecular weight excluding hydrogens is 292 g/mol. The second-order valence-electron chi connectivity index (χ2n) is 6.11. The molecule has 0 N–H and O–H groups in total. The highest BCUT2D eigenvalue weighted by atomic mass is 16.5. The smallest absolute Gasteiger partial charge is 0.331 e. The number of esters is 2. The number of ether oxygens (including phenoxy) is 2. The van der Waals surface area contributed by atoms with Gasteiger partial charge in [0.05, 0.1) is 6.61 Å². The number of allylic oxidation sites excluding steroid dienone is 1. The van der Waals surface area contributed by atoms with Crippen molar-refractivity contribution in [3.05, 3.63) is 23.3 Å². The molecule has 0 bridgehead atoms. The summed E-state index contributed by atoms with van der Waals surface area (Å²) < 4.78 is 10.2. The van der Waals surface area contributed by atoms with Gasteiger partial charge in [-0.15, -0.1) is 0 Å². The minimum absolute atomic E-state index is 0.335. The van der Waals surface area contributed by atoms with Gasteiger partial charge in [0.15, 0.2) is 0 Å². The molecule has 4 heteroatoms. The van der Waals surface area contributed by atoms with Crippen LogP contribution in [-0.2, 0) is 19.1 Å². The molecule has 1 aliphatic rings. The van der Waals surface area contributed by atoms with Gasteiger partial charge in [0.25, 0.3) is 0 Å². The molecule has 130 valence electrons. The SMILES string of the molecule is CCCCCCCOC(=O)/C=C/C(=O)OCC1=C(C)CCCC1. The second-order valence-corrected chi connectivity index (χ2v) is 6.11. The van der Waals surface area contributed by atoms with E-state index in [-0.39, 0.29) is 0 Å². The number of unbranched alkanes of at least 4 members (excludes halogenated alkanes) is 4. The lowest BCUT2D eigenvalue weighted by Crippen LogP contribution is -2.10. The minimum atomic E-state index is -0.490. The van der Waals surface area contributed by atoms with E-state index in [2.05, 4.69) is 13.8 Å². The Morgan fingerprint density at radius 3 is 2.30 bits per heavy atom. The number of carbonyl (C=O) groups is 2. The first-order valence-corrected chi connectivity index (χ1v) is 8.82. The van der Waals surface area contributed by atoms with Crippen LogP contribution < -0.4 is 0 Å². The highest BCUT2D eigenvalue weighted by molar-refractivity contribution is 5.91. The van der Waals surface area contributed by atoms with Crippen molar-refractivity contribution in [3.8, 4) is 0 Å². The highest BCUT2D eigenvalue weighted by Gasteiger charge is 2.10. The van der Waals surface area contributed by atoms with Gasteiger partial charge >= 0.3 is 11.9 Å². The molecule has 0 atom stereocenters. The van der Waals surface area contributed by atoms with E-state index in [1.165, 1.54) is 36.8 Å². The average Bonchev–Trinajstić information content (AvgIpc) is 2.55. The fourth-order valence-electron chi connectivity index (χ4n) is 2.58. The van der Waals surface area contributed by atoms with Gasteiger partial charge in [-0.25, -0.2) is 9.59 Å². The standard InChI is InChI=1S/C19H30O4/c1-3-4-5-6-9-14-22-18(20)12-13-19(21)23-15-17-11-8-7-10-16(17)2/h12-13H,3-11,14-15H2,1-2H3/b13-12+. The highest BCUT2D eigenvalue weighted by Crippen LogP contribution is 2.24. The van der Waals surface area contributed by atoms with Crippen molar-refractivity contribution >= 4 is 11.9 Å². The molecule has 1 rings (SSSR count). The molecular formula is C19H30O4. The van der Waals surface area contributed by atoms with Crippen LogP contribution in [0.1, 0.15) is 71.6 Å². The van der Waals surface area contributed by atoms with Crippen molar-refractivity contribution in [1.82, 2.24) is 0 Å². The zero-order chi connectivity index (χ0) is 16.9. The molecule has 0 radical (unpaired) electrons. The van der Waals surface area contributed by atoms with Gasteiger partial charge in [-0.05, 0) is 44.6 Å². The summed E-state index contributed by atoms with van der Waals surface area (Å²) in [6, 6.07) is 0. The summed E-state index contributed by atoms with van der Waals surface area (Å²) >= 11 is 0. The van der Waals surface area contributed by atoms with Crippen LogP contribution in [0, 0.1) is 0 Å². The average molecular weight is 322 g/mol. The molecule has 0 aliphatic heterocycles. The van der Waals surface area contributed by atoms with Gasteiger partial charge in [-0.2, -0.15) is 0 Å². The van der Waals surface area contributed by atoms with Crippen LogP contribution in [0.2, 0.25) is 0 Å².